The van der Waals surface area contributed by atoms with Gasteiger partial charge >= 0.3 is 0 Å². The maximum Gasteiger partial charge on any atom is 0.123 e. The molecule has 0 aliphatic carbocycles. The molecule has 2 heterocycles. The van der Waals surface area contributed by atoms with Crippen LogP contribution in [0.5, 0.6) is 0 Å². The first-order valence-corrected chi connectivity index (χ1v) is 11.0. The van der Waals surface area contributed by atoms with Crippen molar-refractivity contribution in [3.63, 3.8) is 0 Å². The maximum atomic E-state index is 13.3. The fourth-order valence-electron chi connectivity index (χ4n) is 4.14. The Morgan fingerprint density at radius 3 is 2.32 bits per heavy atom. The molecule has 25 heavy (non-hydrogen) atoms. The van der Waals surface area contributed by atoms with Crippen LogP contribution in [0.3, 0.4) is 0 Å². The first-order valence-electron chi connectivity index (χ1n) is 9.64. The van der Waals surface area contributed by atoms with E-state index in [2.05, 4.69) is 21.4 Å². The Bertz CT molecular complexity index is 538. The quantitative estimate of drug-likeness (QED) is 0.831. The Morgan fingerprint density at radius 1 is 1.08 bits per heavy atom. The average molecular weight is 366 g/mol. The molecule has 0 atom stereocenters. The van der Waals surface area contributed by atoms with Crippen LogP contribution < -0.4 is 10.2 Å². The monoisotopic (exact) mass is 365 g/mol. The van der Waals surface area contributed by atoms with Crippen LogP contribution in [-0.4, -0.2) is 61.7 Å². The molecule has 2 aliphatic heterocycles. The molecular weight excluding hydrogens is 333 g/mol. The summed E-state index contributed by atoms with van der Waals surface area (Å²) < 4.78 is 13.3. The lowest BCUT2D eigenvalue weighted by Crippen LogP contribution is -2.50. The minimum Gasteiger partial charge on any atom is -0.371 e. The summed E-state index contributed by atoms with van der Waals surface area (Å²) in [5, 5.41) is 3.91. The largest absolute Gasteiger partial charge is 0.371 e. The van der Waals surface area contributed by atoms with Crippen molar-refractivity contribution in [3.8, 4) is 0 Å². The van der Waals surface area contributed by atoms with E-state index in [4.69, 9.17) is 0 Å². The highest BCUT2D eigenvalue weighted by atomic mass is 32.2. The average Bonchev–Trinajstić information content (AvgIpc) is 2.62. The van der Waals surface area contributed by atoms with Gasteiger partial charge in [-0.05, 0) is 75.7 Å². The number of halogens is 1. The van der Waals surface area contributed by atoms with E-state index in [-0.39, 0.29) is 5.82 Å². The molecule has 3 nitrogen and oxygen atoms in total. The van der Waals surface area contributed by atoms with E-state index in [0.29, 0.717) is 12.1 Å². The fourth-order valence-corrected chi connectivity index (χ4v) is 4.58. The number of benzene rings is 1. The molecule has 0 aromatic heterocycles. The van der Waals surface area contributed by atoms with Crippen molar-refractivity contribution in [2.24, 2.45) is 0 Å². The van der Waals surface area contributed by atoms with Gasteiger partial charge in [0.25, 0.3) is 0 Å². The second-order valence-electron chi connectivity index (χ2n) is 7.47. The van der Waals surface area contributed by atoms with Crippen molar-refractivity contribution in [3.05, 3.63) is 29.6 Å². The summed E-state index contributed by atoms with van der Waals surface area (Å²) >= 11 is 1.94. The van der Waals surface area contributed by atoms with E-state index >= 15 is 0 Å². The Hall–Kier alpha value is -0.780. The first-order chi connectivity index (χ1) is 12.2. The third kappa shape index (κ3) is 5.35. The fraction of sp³-hybridized carbons (Fsp3) is 0.700. The van der Waals surface area contributed by atoms with Crippen LogP contribution in [0.15, 0.2) is 18.2 Å². The topological polar surface area (TPSA) is 18.5 Å². The lowest BCUT2D eigenvalue weighted by molar-refractivity contribution is 0.195. The van der Waals surface area contributed by atoms with Crippen molar-refractivity contribution < 1.29 is 4.39 Å². The molecule has 0 bridgehead atoms. The summed E-state index contributed by atoms with van der Waals surface area (Å²) in [6.07, 6.45) is 7.12. The summed E-state index contributed by atoms with van der Waals surface area (Å²) in [6, 6.07) is 6.49. The maximum absolute atomic E-state index is 13.3. The number of piperidine rings is 2. The van der Waals surface area contributed by atoms with E-state index in [1.54, 1.807) is 12.1 Å². The van der Waals surface area contributed by atoms with Gasteiger partial charge in [0.05, 0.1) is 0 Å². The standard InChI is InChI=1S/C20H32FN3S/c1-16-15-17(21)3-4-20(16)24-11-7-19(8-12-24)22-18-5-9-23(10-6-18)13-14-25-2/h3-4,15,18-19,22H,5-14H2,1-2H3. The van der Waals surface area contributed by atoms with E-state index < -0.39 is 0 Å². The van der Waals surface area contributed by atoms with Gasteiger partial charge in [-0.1, -0.05) is 0 Å². The summed E-state index contributed by atoms with van der Waals surface area (Å²) in [7, 11) is 0. The molecule has 0 unspecified atom stereocenters. The molecule has 2 saturated heterocycles. The van der Waals surface area contributed by atoms with Gasteiger partial charge < -0.3 is 15.1 Å². The van der Waals surface area contributed by atoms with Gasteiger partial charge in [0.15, 0.2) is 0 Å². The number of rotatable bonds is 6. The highest BCUT2D eigenvalue weighted by Gasteiger charge is 2.25. The number of hydrogen-bond donors (Lipinski definition) is 1. The summed E-state index contributed by atoms with van der Waals surface area (Å²) in [5.74, 6) is 1.11. The zero-order valence-electron chi connectivity index (χ0n) is 15.6. The number of aryl methyl sites for hydroxylation is 1. The minimum atomic E-state index is -0.137. The van der Waals surface area contributed by atoms with Crippen molar-refractivity contribution in [2.45, 2.75) is 44.7 Å². The van der Waals surface area contributed by atoms with E-state index in [1.165, 1.54) is 56.8 Å². The first kappa shape index (κ1) is 19.0. The number of likely N-dealkylation sites (tertiary alicyclic amines) is 1. The number of nitrogens with one attached hydrogen (secondary N) is 1. The highest BCUT2D eigenvalue weighted by Crippen LogP contribution is 2.25. The summed E-state index contributed by atoms with van der Waals surface area (Å²) in [6.45, 7) is 7.86. The molecule has 2 aliphatic rings. The van der Waals surface area contributed by atoms with Gasteiger partial charge in [-0.25, -0.2) is 4.39 Å². The summed E-state index contributed by atoms with van der Waals surface area (Å²) in [4.78, 5) is 5.02. The Kier molecular flexibility index (Phi) is 7.02. The SMILES string of the molecule is CSCCN1CCC(NC2CCN(c3ccc(F)cc3C)CC2)CC1. The lowest BCUT2D eigenvalue weighted by atomic mass is 9.99. The Labute approximate surface area is 156 Å². The molecule has 1 N–H and O–H groups in total. The molecular formula is C20H32FN3S. The van der Waals surface area contributed by atoms with E-state index in [0.717, 1.165) is 18.7 Å². The molecule has 5 heteroatoms. The molecule has 2 fully saturated rings. The molecule has 1 aromatic carbocycles. The van der Waals surface area contributed by atoms with Crippen molar-refractivity contribution >= 4 is 17.4 Å². The van der Waals surface area contributed by atoms with Crippen molar-refractivity contribution in [2.75, 3.05) is 49.6 Å². The van der Waals surface area contributed by atoms with Gasteiger partial charge in [-0.15, -0.1) is 0 Å². The predicted molar refractivity (Wildman–Crippen MR) is 107 cm³/mol. The highest BCUT2D eigenvalue weighted by molar-refractivity contribution is 7.98. The Balaban J connectivity index is 1.41. The minimum absolute atomic E-state index is 0.137. The second-order valence-corrected chi connectivity index (χ2v) is 8.45. The Morgan fingerprint density at radius 2 is 1.72 bits per heavy atom. The van der Waals surface area contributed by atoms with Crippen LogP contribution >= 0.6 is 11.8 Å². The smallest absolute Gasteiger partial charge is 0.123 e. The molecule has 0 radical (unpaired) electrons. The van der Waals surface area contributed by atoms with Crippen LogP contribution in [0.2, 0.25) is 0 Å². The second kappa shape index (κ2) is 9.24. The lowest BCUT2D eigenvalue weighted by Gasteiger charge is -2.39. The van der Waals surface area contributed by atoms with Crippen LogP contribution in [0.25, 0.3) is 0 Å². The van der Waals surface area contributed by atoms with Gasteiger partial charge in [0.2, 0.25) is 0 Å². The number of anilines is 1. The molecule has 140 valence electrons. The van der Waals surface area contributed by atoms with Crippen LogP contribution in [0.1, 0.15) is 31.2 Å². The zero-order chi connectivity index (χ0) is 17.6. The number of thioether (sulfide) groups is 1. The number of nitrogens with zero attached hydrogens (tertiary/aromatic N) is 2. The van der Waals surface area contributed by atoms with E-state index in [1.807, 2.05) is 24.8 Å². The third-order valence-electron chi connectivity index (χ3n) is 5.67. The normalized spacial score (nSPS) is 21.0. The zero-order valence-corrected chi connectivity index (χ0v) is 16.5. The summed E-state index contributed by atoms with van der Waals surface area (Å²) in [5.41, 5.74) is 2.24. The molecule has 0 amide bonds. The third-order valence-corrected chi connectivity index (χ3v) is 6.26. The molecule has 0 spiro atoms. The van der Waals surface area contributed by atoms with Crippen molar-refractivity contribution in [1.82, 2.24) is 10.2 Å². The molecule has 1 aromatic rings. The number of hydrogen-bond acceptors (Lipinski definition) is 4. The van der Waals surface area contributed by atoms with E-state index in [9.17, 15) is 4.39 Å². The van der Waals surface area contributed by atoms with Gasteiger partial charge in [-0.2, -0.15) is 11.8 Å². The predicted octanol–water partition coefficient (Wildman–Crippen LogP) is 3.52. The van der Waals surface area contributed by atoms with Gasteiger partial charge in [0, 0.05) is 43.2 Å². The molecule has 3 rings (SSSR count). The van der Waals surface area contributed by atoms with Crippen LogP contribution in [0.4, 0.5) is 10.1 Å². The van der Waals surface area contributed by atoms with Gasteiger partial charge in [0.1, 0.15) is 5.82 Å². The van der Waals surface area contributed by atoms with Crippen molar-refractivity contribution in [1.29, 1.82) is 0 Å². The van der Waals surface area contributed by atoms with Crippen LogP contribution in [-0.2, 0) is 0 Å². The van der Waals surface area contributed by atoms with Gasteiger partial charge in [-0.3, -0.25) is 0 Å². The van der Waals surface area contributed by atoms with Crippen LogP contribution in [0, 0.1) is 12.7 Å². The molecule has 0 saturated carbocycles.